The third kappa shape index (κ3) is 3.52. The third-order valence-electron chi connectivity index (χ3n) is 6.28. The van der Waals surface area contributed by atoms with Crippen LogP contribution in [0.3, 0.4) is 0 Å². The van der Waals surface area contributed by atoms with E-state index in [-0.39, 0.29) is 5.57 Å². The highest BCUT2D eigenvalue weighted by molar-refractivity contribution is 6.50. The van der Waals surface area contributed by atoms with Crippen LogP contribution in [-0.2, 0) is 29.7 Å². The van der Waals surface area contributed by atoms with Crippen molar-refractivity contribution in [3.05, 3.63) is 77.3 Å². The summed E-state index contributed by atoms with van der Waals surface area (Å²) in [5, 5.41) is 17.3. The molecule has 1 aliphatic rings. The first-order valence-electron chi connectivity index (χ1n) is 11.2. The SMILES string of the molecule is Cn1cc(C2=C(c3nn(CCCn4ccnn4)c4ccccc34)C(=O)NC2=O)c2cc(Cl)ccc21. The molecular formula is C25H20ClN7O2. The lowest BCUT2D eigenvalue weighted by Gasteiger charge is -2.04. The van der Waals surface area contributed by atoms with E-state index in [0.29, 0.717) is 34.9 Å². The van der Waals surface area contributed by atoms with Gasteiger partial charge in [-0.3, -0.25) is 24.3 Å². The van der Waals surface area contributed by atoms with E-state index >= 15 is 0 Å². The van der Waals surface area contributed by atoms with Crippen LogP contribution < -0.4 is 5.32 Å². The first-order chi connectivity index (χ1) is 17.0. The maximum absolute atomic E-state index is 13.1. The number of aryl methyl sites for hydroxylation is 3. The molecule has 35 heavy (non-hydrogen) atoms. The standard InChI is InChI=1S/C25H20ClN7O2/c1-31-14-18(17-13-15(26)7-8-19(17)31)21-22(25(35)28-24(21)34)23-16-5-2-3-6-20(16)33(29-23)11-4-10-32-12-9-27-30-32/h2-3,5-9,12-14H,4,10-11H2,1H3,(H,28,34,35). The molecule has 0 atom stereocenters. The number of halogens is 1. The van der Waals surface area contributed by atoms with Crippen LogP contribution in [0.4, 0.5) is 0 Å². The molecule has 3 aromatic heterocycles. The number of hydrogen-bond donors (Lipinski definition) is 1. The van der Waals surface area contributed by atoms with Gasteiger partial charge in [-0.15, -0.1) is 5.10 Å². The maximum Gasteiger partial charge on any atom is 0.261 e. The number of aromatic nitrogens is 6. The zero-order chi connectivity index (χ0) is 24.1. The third-order valence-corrected chi connectivity index (χ3v) is 6.51. The van der Waals surface area contributed by atoms with Crippen LogP contribution >= 0.6 is 11.6 Å². The lowest BCUT2D eigenvalue weighted by molar-refractivity contribution is -0.122. The molecule has 6 rings (SSSR count). The molecule has 0 fully saturated rings. The molecule has 174 valence electrons. The van der Waals surface area contributed by atoms with Crippen molar-refractivity contribution in [1.29, 1.82) is 0 Å². The van der Waals surface area contributed by atoms with Gasteiger partial charge in [0, 0.05) is 59.4 Å². The van der Waals surface area contributed by atoms with Crippen LogP contribution in [0.15, 0.2) is 61.1 Å². The van der Waals surface area contributed by atoms with Crippen molar-refractivity contribution in [2.45, 2.75) is 19.5 Å². The molecule has 1 N–H and O–H groups in total. The van der Waals surface area contributed by atoms with E-state index in [9.17, 15) is 9.59 Å². The summed E-state index contributed by atoms with van der Waals surface area (Å²) in [6.45, 7) is 1.30. The first kappa shape index (κ1) is 21.3. The number of benzene rings is 2. The van der Waals surface area contributed by atoms with E-state index in [4.69, 9.17) is 16.7 Å². The number of amides is 2. The van der Waals surface area contributed by atoms with Gasteiger partial charge in [-0.25, -0.2) is 0 Å². The molecule has 0 saturated carbocycles. The number of nitrogens with zero attached hydrogens (tertiary/aromatic N) is 6. The Morgan fingerprint density at radius 3 is 2.63 bits per heavy atom. The van der Waals surface area contributed by atoms with Gasteiger partial charge < -0.3 is 4.57 Å². The number of fused-ring (bicyclic) bond motifs is 2. The molecule has 5 aromatic rings. The van der Waals surface area contributed by atoms with Crippen LogP contribution in [0.25, 0.3) is 33.0 Å². The Hall–Kier alpha value is -4.24. The van der Waals surface area contributed by atoms with Gasteiger partial charge in [-0.2, -0.15) is 5.10 Å². The summed E-state index contributed by atoms with van der Waals surface area (Å²) in [7, 11) is 1.90. The zero-order valence-corrected chi connectivity index (χ0v) is 19.5. The number of imide groups is 1. The van der Waals surface area contributed by atoms with Crippen molar-refractivity contribution in [3.8, 4) is 0 Å². The van der Waals surface area contributed by atoms with Crippen molar-refractivity contribution in [2.24, 2.45) is 7.05 Å². The molecule has 0 unspecified atom stereocenters. The second-order valence-electron chi connectivity index (χ2n) is 8.46. The lowest BCUT2D eigenvalue weighted by atomic mass is 9.97. The van der Waals surface area contributed by atoms with Crippen LogP contribution in [0.5, 0.6) is 0 Å². The van der Waals surface area contributed by atoms with E-state index < -0.39 is 11.8 Å². The largest absolute Gasteiger partial charge is 0.350 e. The Bertz CT molecular complexity index is 1660. The molecule has 0 radical (unpaired) electrons. The number of carbonyl (C=O) groups is 2. The predicted octanol–water partition coefficient (Wildman–Crippen LogP) is 3.43. The molecule has 4 heterocycles. The number of carbonyl (C=O) groups excluding carboxylic acids is 2. The highest BCUT2D eigenvalue weighted by Gasteiger charge is 2.36. The fraction of sp³-hybridized carbons (Fsp3) is 0.160. The Morgan fingerprint density at radius 2 is 1.80 bits per heavy atom. The molecular weight excluding hydrogens is 466 g/mol. The Kier molecular flexibility index (Phi) is 5.00. The summed E-state index contributed by atoms with van der Waals surface area (Å²) in [5.74, 6) is -0.899. The molecule has 0 aliphatic carbocycles. The lowest BCUT2D eigenvalue weighted by Crippen LogP contribution is -2.22. The second kappa shape index (κ2) is 8.21. The van der Waals surface area contributed by atoms with Crippen molar-refractivity contribution >= 4 is 56.4 Å². The molecule has 9 nitrogen and oxygen atoms in total. The van der Waals surface area contributed by atoms with Crippen molar-refractivity contribution < 1.29 is 9.59 Å². The van der Waals surface area contributed by atoms with Crippen molar-refractivity contribution in [2.75, 3.05) is 0 Å². The van der Waals surface area contributed by atoms with E-state index in [2.05, 4.69) is 15.6 Å². The van der Waals surface area contributed by atoms with Gasteiger partial charge in [0.05, 0.1) is 22.9 Å². The topological polar surface area (TPSA) is 99.6 Å². The van der Waals surface area contributed by atoms with Gasteiger partial charge in [0.2, 0.25) is 0 Å². The second-order valence-corrected chi connectivity index (χ2v) is 8.89. The smallest absolute Gasteiger partial charge is 0.261 e. The zero-order valence-electron chi connectivity index (χ0n) is 18.8. The highest BCUT2D eigenvalue weighted by atomic mass is 35.5. The van der Waals surface area contributed by atoms with E-state index in [1.165, 1.54) is 0 Å². The summed E-state index contributed by atoms with van der Waals surface area (Å²) in [6, 6.07) is 13.2. The molecule has 10 heteroatoms. The number of hydrogen-bond acceptors (Lipinski definition) is 5. The van der Waals surface area contributed by atoms with Crippen molar-refractivity contribution in [1.82, 2.24) is 34.7 Å². The quantitative estimate of drug-likeness (QED) is 0.371. The Morgan fingerprint density at radius 1 is 0.971 bits per heavy atom. The van der Waals surface area contributed by atoms with Gasteiger partial charge in [0.1, 0.15) is 5.69 Å². The molecule has 0 spiro atoms. The predicted molar refractivity (Wildman–Crippen MR) is 132 cm³/mol. The normalized spacial score (nSPS) is 14.0. The van der Waals surface area contributed by atoms with Gasteiger partial charge in [0.25, 0.3) is 11.8 Å². The average Bonchev–Trinajstić information content (AvgIpc) is 3.60. The highest BCUT2D eigenvalue weighted by Crippen LogP contribution is 2.38. The van der Waals surface area contributed by atoms with E-state index in [1.807, 2.05) is 65.1 Å². The fourth-order valence-corrected chi connectivity index (χ4v) is 4.89. The molecule has 2 aromatic carbocycles. The molecule has 1 aliphatic heterocycles. The monoisotopic (exact) mass is 485 g/mol. The number of rotatable bonds is 6. The maximum atomic E-state index is 13.1. The Balaban J connectivity index is 1.51. The summed E-state index contributed by atoms with van der Waals surface area (Å²) in [4.78, 5) is 26.2. The minimum atomic E-state index is -0.456. The van der Waals surface area contributed by atoms with Gasteiger partial charge in [-0.05, 0) is 30.7 Å². The average molecular weight is 486 g/mol. The molecule has 0 bridgehead atoms. The van der Waals surface area contributed by atoms with Crippen LogP contribution in [-0.4, -0.2) is 41.2 Å². The summed E-state index contributed by atoms with van der Waals surface area (Å²) >= 11 is 6.27. The van der Waals surface area contributed by atoms with E-state index in [0.717, 1.165) is 28.2 Å². The summed E-state index contributed by atoms with van der Waals surface area (Å²) in [5.41, 5.74) is 3.51. The number of para-hydroxylation sites is 1. The fourth-order valence-electron chi connectivity index (χ4n) is 4.72. The van der Waals surface area contributed by atoms with Gasteiger partial charge >= 0.3 is 0 Å². The van der Waals surface area contributed by atoms with E-state index in [1.54, 1.807) is 16.9 Å². The molecule has 0 saturated heterocycles. The van der Waals surface area contributed by atoms with Crippen LogP contribution in [0.2, 0.25) is 5.02 Å². The minimum Gasteiger partial charge on any atom is -0.350 e. The summed E-state index contributed by atoms with van der Waals surface area (Å²) < 4.78 is 5.56. The van der Waals surface area contributed by atoms with Gasteiger partial charge in [-0.1, -0.05) is 35.0 Å². The summed E-state index contributed by atoms with van der Waals surface area (Å²) in [6.07, 6.45) is 6.08. The first-order valence-corrected chi connectivity index (χ1v) is 11.5. The van der Waals surface area contributed by atoms with Crippen LogP contribution in [0, 0.1) is 0 Å². The number of nitrogens with one attached hydrogen (secondary N) is 1. The van der Waals surface area contributed by atoms with Crippen LogP contribution in [0.1, 0.15) is 17.7 Å². The molecule has 2 amide bonds. The minimum absolute atomic E-state index is 0.272. The Labute approximate surface area is 204 Å². The van der Waals surface area contributed by atoms with Crippen molar-refractivity contribution in [3.63, 3.8) is 0 Å². The van der Waals surface area contributed by atoms with Gasteiger partial charge in [0.15, 0.2) is 0 Å².